The van der Waals surface area contributed by atoms with Crippen LogP contribution in [0.15, 0.2) is 28.7 Å². The molecule has 1 atom stereocenters. The standard InChI is InChI=1S/C12H18BrNO2S/c1-2-17(15,16)8-7-11(14)9-10-5-3-4-6-12(10)13/h3-6,11H,2,7-9,14H2,1H3. The minimum atomic E-state index is -2.91. The molecule has 5 heteroatoms. The smallest absolute Gasteiger partial charge is 0.150 e. The van der Waals surface area contributed by atoms with E-state index in [1.165, 1.54) is 0 Å². The van der Waals surface area contributed by atoms with Gasteiger partial charge in [0.25, 0.3) is 0 Å². The van der Waals surface area contributed by atoms with Crippen LogP contribution in [0, 0.1) is 0 Å². The molecular weight excluding hydrogens is 302 g/mol. The largest absolute Gasteiger partial charge is 0.327 e. The summed E-state index contributed by atoms with van der Waals surface area (Å²) < 4.78 is 23.7. The van der Waals surface area contributed by atoms with Crippen molar-refractivity contribution in [2.45, 2.75) is 25.8 Å². The Labute approximate surface area is 111 Å². The number of halogens is 1. The van der Waals surface area contributed by atoms with Crippen LogP contribution in [-0.2, 0) is 16.3 Å². The third-order valence-electron chi connectivity index (χ3n) is 2.68. The average molecular weight is 320 g/mol. The van der Waals surface area contributed by atoms with E-state index in [-0.39, 0.29) is 17.5 Å². The van der Waals surface area contributed by atoms with E-state index in [9.17, 15) is 8.42 Å². The summed E-state index contributed by atoms with van der Waals surface area (Å²) in [6.07, 6.45) is 1.21. The van der Waals surface area contributed by atoms with Gasteiger partial charge in [-0.3, -0.25) is 0 Å². The molecular formula is C12H18BrNO2S. The molecule has 0 heterocycles. The quantitative estimate of drug-likeness (QED) is 0.874. The van der Waals surface area contributed by atoms with E-state index in [4.69, 9.17) is 5.73 Å². The van der Waals surface area contributed by atoms with Crippen molar-refractivity contribution in [1.82, 2.24) is 0 Å². The molecule has 96 valence electrons. The van der Waals surface area contributed by atoms with Crippen LogP contribution >= 0.6 is 15.9 Å². The van der Waals surface area contributed by atoms with Crippen molar-refractivity contribution < 1.29 is 8.42 Å². The summed E-state index contributed by atoms with van der Waals surface area (Å²) in [5, 5.41) is 0. The van der Waals surface area contributed by atoms with E-state index < -0.39 is 9.84 Å². The molecule has 0 saturated carbocycles. The van der Waals surface area contributed by atoms with E-state index in [0.29, 0.717) is 12.8 Å². The molecule has 3 nitrogen and oxygen atoms in total. The predicted octanol–water partition coefficient (Wildman–Crippen LogP) is 2.14. The Bertz CT molecular complexity index is 459. The second kappa shape index (κ2) is 6.52. The second-order valence-electron chi connectivity index (χ2n) is 4.08. The number of hydrogen-bond acceptors (Lipinski definition) is 3. The highest BCUT2D eigenvalue weighted by molar-refractivity contribution is 9.10. The minimum absolute atomic E-state index is 0.116. The Balaban J connectivity index is 2.51. The molecule has 0 spiro atoms. The molecule has 1 aromatic rings. The van der Waals surface area contributed by atoms with Crippen molar-refractivity contribution in [3.8, 4) is 0 Å². The maximum Gasteiger partial charge on any atom is 0.150 e. The Morgan fingerprint density at radius 1 is 1.35 bits per heavy atom. The SMILES string of the molecule is CCS(=O)(=O)CCC(N)Cc1ccccc1Br. The summed E-state index contributed by atoms with van der Waals surface area (Å²) in [5.74, 6) is 0.365. The summed E-state index contributed by atoms with van der Waals surface area (Å²) >= 11 is 3.46. The van der Waals surface area contributed by atoms with Crippen LogP contribution in [0.4, 0.5) is 0 Å². The van der Waals surface area contributed by atoms with E-state index in [2.05, 4.69) is 15.9 Å². The van der Waals surface area contributed by atoms with Crippen LogP contribution in [0.2, 0.25) is 0 Å². The van der Waals surface area contributed by atoms with E-state index in [1.807, 2.05) is 24.3 Å². The Morgan fingerprint density at radius 2 is 2.00 bits per heavy atom. The summed E-state index contributed by atoms with van der Waals surface area (Å²) in [5.41, 5.74) is 7.07. The van der Waals surface area contributed by atoms with Crippen LogP contribution in [-0.4, -0.2) is 26.0 Å². The third kappa shape index (κ3) is 5.19. The molecule has 1 aromatic carbocycles. The van der Waals surface area contributed by atoms with Gasteiger partial charge in [0.05, 0.1) is 5.75 Å². The Hall–Kier alpha value is -0.390. The van der Waals surface area contributed by atoms with Gasteiger partial charge in [-0.25, -0.2) is 8.42 Å². The predicted molar refractivity (Wildman–Crippen MR) is 74.8 cm³/mol. The molecule has 0 bridgehead atoms. The van der Waals surface area contributed by atoms with Gasteiger partial charge >= 0.3 is 0 Å². The van der Waals surface area contributed by atoms with E-state index in [1.54, 1.807) is 6.92 Å². The van der Waals surface area contributed by atoms with Gasteiger partial charge in [-0.1, -0.05) is 41.1 Å². The zero-order valence-corrected chi connectivity index (χ0v) is 12.3. The van der Waals surface area contributed by atoms with Crippen LogP contribution in [0.1, 0.15) is 18.9 Å². The van der Waals surface area contributed by atoms with Gasteiger partial charge in [0, 0.05) is 16.3 Å². The minimum Gasteiger partial charge on any atom is -0.327 e. The maximum atomic E-state index is 11.4. The summed E-state index contributed by atoms with van der Waals surface area (Å²) in [4.78, 5) is 0. The molecule has 0 aliphatic carbocycles. The van der Waals surface area contributed by atoms with Crippen molar-refractivity contribution in [2.24, 2.45) is 5.73 Å². The fourth-order valence-electron chi connectivity index (χ4n) is 1.52. The lowest BCUT2D eigenvalue weighted by Crippen LogP contribution is -2.26. The molecule has 1 rings (SSSR count). The first-order valence-corrected chi connectivity index (χ1v) is 8.25. The zero-order chi connectivity index (χ0) is 12.9. The van der Waals surface area contributed by atoms with Gasteiger partial charge in [0.15, 0.2) is 0 Å². The number of nitrogens with two attached hydrogens (primary N) is 1. The van der Waals surface area contributed by atoms with Crippen LogP contribution < -0.4 is 5.73 Å². The molecule has 0 saturated heterocycles. The third-order valence-corrected chi connectivity index (χ3v) is 5.19. The summed E-state index contributed by atoms with van der Waals surface area (Å²) in [6.45, 7) is 1.66. The summed E-state index contributed by atoms with van der Waals surface area (Å²) in [6, 6.07) is 7.74. The van der Waals surface area contributed by atoms with Gasteiger partial charge in [-0.05, 0) is 24.5 Å². The van der Waals surface area contributed by atoms with Gasteiger partial charge in [-0.2, -0.15) is 0 Å². The first-order valence-electron chi connectivity index (χ1n) is 5.64. The molecule has 0 aromatic heterocycles. The monoisotopic (exact) mass is 319 g/mol. The molecule has 0 amide bonds. The zero-order valence-electron chi connectivity index (χ0n) is 9.90. The van der Waals surface area contributed by atoms with Crippen molar-refractivity contribution >= 4 is 25.8 Å². The van der Waals surface area contributed by atoms with Crippen molar-refractivity contribution in [3.05, 3.63) is 34.3 Å². The van der Waals surface area contributed by atoms with Gasteiger partial charge in [-0.15, -0.1) is 0 Å². The van der Waals surface area contributed by atoms with Crippen molar-refractivity contribution in [2.75, 3.05) is 11.5 Å². The first kappa shape index (κ1) is 14.7. The number of rotatable bonds is 6. The summed E-state index contributed by atoms with van der Waals surface area (Å²) in [7, 11) is -2.91. The number of sulfone groups is 1. The number of hydrogen-bond donors (Lipinski definition) is 1. The van der Waals surface area contributed by atoms with Crippen molar-refractivity contribution in [3.63, 3.8) is 0 Å². The fourth-order valence-corrected chi connectivity index (χ4v) is 2.92. The van der Waals surface area contributed by atoms with E-state index >= 15 is 0 Å². The normalized spacial score (nSPS) is 13.6. The van der Waals surface area contributed by atoms with E-state index in [0.717, 1.165) is 10.0 Å². The molecule has 17 heavy (non-hydrogen) atoms. The maximum absolute atomic E-state index is 11.4. The topological polar surface area (TPSA) is 60.2 Å². The van der Waals surface area contributed by atoms with Gasteiger partial charge in [0.1, 0.15) is 9.84 Å². The number of benzene rings is 1. The fraction of sp³-hybridized carbons (Fsp3) is 0.500. The first-order chi connectivity index (χ1) is 7.94. The van der Waals surface area contributed by atoms with Crippen LogP contribution in [0.3, 0.4) is 0 Å². The molecule has 0 aliphatic heterocycles. The lowest BCUT2D eigenvalue weighted by Gasteiger charge is -2.12. The molecule has 1 unspecified atom stereocenters. The lowest BCUT2D eigenvalue weighted by molar-refractivity contribution is 0.581. The van der Waals surface area contributed by atoms with Gasteiger partial charge in [0.2, 0.25) is 0 Å². The second-order valence-corrected chi connectivity index (χ2v) is 7.41. The highest BCUT2D eigenvalue weighted by Gasteiger charge is 2.12. The van der Waals surface area contributed by atoms with Crippen LogP contribution in [0.5, 0.6) is 0 Å². The molecule has 0 aliphatic rings. The molecule has 0 fully saturated rings. The average Bonchev–Trinajstić information content (AvgIpc) is 2.30. The van der Waals surface area contributed by atoms with Crippen LogP contribution in [0.25, 0.3) is 0 Å². The van der Waals surface area contributed by atoms with Crippen molar-refractivity contribution in [1.29, 1.82) is 0 Å². The van der Waals surface area contributed by atoms with Gasteiger partial charge < -0.3 is 5.73 Å². The highest BCUT2D eigenvalue weighted by atomic mass is 79.9. The lowest BCUT2D eigenvalue weighted by atomic mass is 10.1. The molecule has 0 radical (unpaired) electrons. The highest BCUT2D eigenvalue weighted by Crippen LogP contribution is 2.17. The Kier molecular flexibility index (Phi) is 5.62. The Morgan fingerprint density at radius 3 is 2.59 bits per heavy atom. The molecule has 2 N–H and O–H groups in total.